The first-order valence-electron chi connectivity index (χ1n) is 8.80. The Morgan fingerprint density at radius 2 is 1.77 bits per heavy atom. The predicted molar refractivity (Wildman–Crippen MR) is 108 cm³/mol. The van der Waals surface area contributed by atoms with Crippen LogP contribution in [0.15, 0.2) is 42.5 Å². The Balaban J connectivity index is 1.47. The molecule has 1 aliphatic heterocycles. The molecular formula is C20H23Cl2N3O. The third-order valence-corrected chi connectivity index (χ3v) is 5.18. The number of hydrogen-bond donors (Lipinski definition) is 1. The van der Waals surface area contributed by atoms with Crippen LogP contribution in [0.4, 0.5) is 10.5 Å². The maximum absolute atomic E-state index is 12.5. The third kappa shape index (κ3) is 5.13. The van der Waals surface area contributed by atoms with Gasteiger partial charge in [-0.05, 0) is 48.7 Å². The van der Waals surface area contributed by atoms with E-state index in [-0.39, 0.29) is 6.03 Å². The van der Waals surface area contributed by atoms with Gasteiger partial charge >= 0.3 is 6.03 Å². The molecule has 1 fully saturated rings. The van der Waals surface area contributed by atoms with Gasteiger partial charge in [0.05, 0.1) is 0 Å². The lowest BCUT2D eigenvalue weighted by molar-refractivity contribution is 0.148. The van der Waals surface area contributed by atoms with E-state index in [0.29, 0.717) is 5.02 Å². The van der Waals surface area contributed by atoms with E-state index < -0.39 is 0 Å². The number of nitrogens with zero attached hydrogens (tertiary/aromatic N) is 2. The lowest BCUT2D eigenvalue weighted by atomic mass is 10.1. The summed E-state index contributed by atoms with van der Waals surface area (Å²) in [6.45, 7) is 6.13. The normalized spacial score (nSPS) is 15.1. The lowest BCUT2D eigenvalue weighted by Gasteiger charge is -2.34. The van der Waals surface area contributed by atoms with E-state index in [0.717, 1.165) is 55.4 Å². The Bertz CT molecular complexity index is 773. The standard InChI is InChI=1S/C20H23Cl2N3O/c1-15-5-6-18(22)14-19(15)23-20(26)25-11-9-24(10-12-25)8-7-16-3-2-4-17(21)13-16/h2-6,13-14H,7-12H2,1H3,(H,23,26). The average molecular weight is 392 g/mol. The summed E-state index contributed by atoms with van der Waals surface area (Å²) in [7, 11) is 0. The van der Waals surface area contributed by atoms with Crippen molar-refractivity contribution in [2.24, 2.45) is 0 Å². The third-order valence-electron chi connectivity index (χ3n) is 4.71. The number of piperazine rings is 1. The fourth-order valence-electron chi connectivity index (χ4n) is 3.08. The second-order valence-corrected chi connectivity index (χ2v) is 7.47. The van der Waals surface area contributed by atoms with Crippen LogP contribution in [0.1, 0.15) is 11.1 Å². The van der Waals surface area contributed by atoms with Crippen molar-refractivity contribution in [3.05, 3.63) is 63.6 Å². The summed E-state index contributed by atoms with van der Waals surface area (Å²) < 4.78 is 0. The van der Waals surface area contributed by atoms with Crippen molar-refractivity contribution in [3.8, 4) is 0 Å². The molecule has 0 bridgehead atoms. The topological polar surface area (TPSA) is 35.6 Å². The minimum absolute atomic E-state index is 0.0649. The van der Waals surface area contributed by atoms with Crippen molar-refractivity contribution < 1.29 is 4.79 Å². The van der Waals surface area contributed by atoms with E-state index in [1.807, 2.05) is 42.2 Å². The Kier molecular flexibility index (Phi) is 6.41. The summed E-state index contributed by atoms with van der Waals surface area (Å²) in [5.41, 5.74) is 3.02. The molecule has 2 aromatic carbocycles. The summed E-state index contributed by atoms with van der Waals surface area (Å²) in [4.78, 5) is 16.7. The number of aryl methyl sites for hydroxylation is 1. The van der Waals surface area contributed by atoms with E-state index in [9.17, 15) is 4.79 Å². The molecule has 0 atom stereocenters. The number of carbonyl (C=O) groups excluding carboxylic acids is 1. The van der Waals surface area contributed by atoms with Crippen LogP contribution in [0.25, 0.3) is 0 Å². The minimum atomic E-state index is -0.0649. The Hall–Kier alpha value is -1.75. The maximum atomic E-state index is 12.5. The first-order valence-corrected chi connectivity index (χ1v) is 9.56. The van der Waals surface area contributed by atoms with Crippen molar-refractivity contribution in [3.63, 3.8) is 0 Å². The maximum Gasteiger partial charge on any atom is 0.321 e. The van der Waals surface area contributed by atoms with Crippen molar-refractivity contribution in [1.29, 1.82) is 0 Å². The lowest BCUT2D eigenvalue weighted by Crippen LogP contribution is -2.50. The quantitative estimate of drug-likeness (QED) is 0.819. The number of carbonyl (C=O) groups is 1. The van der Waals surface area contributed by atoms with Gasteiger partial charge < -0.3 is 10.2 Å². The monoisotopic (exact) mass is 391 g/mol. The molecule has 1 saturated heterocycles. The highest BCUT2D eigenvalue weighted by Crippen LogP contribution is 2.21. The van der Waals surface area contributed by atoms with Gasteiger partial charge in [-0.15, -0.1) is 0 Å². The van der Waals surface area contributed by atoms with Crippen LogP contribution in [0.3, 0.4) is 0 Å². The van der Waals surface area contributed by atoms with Gasteiger partial charge in [0.15, 0.2) is 0 Å². The highest BCUT2D eigenvalue weighted by molar-refractivity contribution is 6.31. The van der Waals surface area contributed by atoms with E-state index in [4.69, 9.17) is 23.2 Å². The van der Waals surface area contributed by atoms with Crippen LogP contribution in [0.5, 0.6) is 0 Å². The summed E-state index contributed by atoms with van der Waals surface area (Å²) in [5.74, 6) is 0. The predicted octanol–water partition coefficient (Wildman–Crippen LogP) is 4.69. The smallest absolute Gasteiger partial charge is 0.321 e. The van der Waals surface area contributed by atoms with Crippen LogP contribution in [0, 0.1) is 6.92 Å². The highest BCUT2D eigenvalue weighted by atomic mass is 35.5. The van der Waals surface area contributed by atoms with Gasteiger partial charge in [0.2, 0.25) is 0 Å². The van der Waals surface area contributed by atoms with Gasteiger partial charge in [0.1, 0.15) is 0 Å². The summed E-state index contributed by atoms with van der Waals surface area (Å²) in [5, 5.41) is 4.37. The number of benzene rings is 2. The van der Waals surface area contributed by atoms with Gasteiger partial charge in [-0.25, -0.2) is 4.79 Å². The van der Waals surface area contributed by atoms with E-state index in [1.54, 1.807) is 6.07 Å². The number of urea groups is 1. The van der Waals surface area contributed by atoms with Crippen molar-refractivity contribution in [2.75, 3.05) is 38.0 Å². The molecular weight excluding hydrogens is 369 g/mol. The Labute approximate surface area is 164 Å². The van der Waals surface area contributed by atoms with Crippen LogP contribution < -0.4 is 5.32 Å². The summed E-state index contributed by atoms with van der Waals surface area (Å²) >= 11 is 12.1. The number of hydrogen-bond acceptors (Lipinski definition) is 2. The zero-order valence-electron chi connectivity index (χ0n) is 14.8. The molecule has 1 heterocycles. The number of nitrogens with one attached hydrogen (secondary N) is 1. The average Bonchev–Trinajstić information content (AvgIpc) is 2.63. The first-order chi connectivity index (χ1) is 12.5. The zero-order valence-corrected chi connectivity index (χ0v) is 16.4. The fourth-order valence-corrected chi connectivity index (χ4v) is 3.46. The largest absolute Gasteiger partial charge is 0.322 e. The fraction of sp³-hybridized carbons (Fsp3) is 0.350. The molecule has 0 spiro atoms. The second-order valence-electron chi connectivity index (χ2n) is 6.60. The number of halogens is 2. The van der Waals surface area contributed by atoms with Gasteiger partial charge in [0.25, 0.3) is 0 Å². The van der Waals surface area contributed by atoms with Crippen LogP contribution >= 0.6 is 23.2 Å². The molecule has 1 aliphatic rings. The number of anilines is 1. The Morgan fingerprint density at radius 1 is 1.04 bits per heavy atom. The van der Waals surface area contributed by atoms with Crippen LogP contribution in [-0.2, 0) is 6.42 Å². The highest BCUT2D eigenvalue weighted by Gasteiger charge is 2.21. The molecule has 0 radical (unpaired) electrons. The van der Waals surface area contributed by atoms with Crippen LogP contribution in [0.2, 0.25) is 10.0 Å². The Morgan fingerprint density at radius 3 is 2.50 bits per heavy atom. The van der Waals surface area contributed by atoms with Gasteiger partial charge in [-0.1, -0.05) is 41.4 Å². The molecule has 0 saturated carbocycles. The number of amides is 2. The molecule has 6 heteroatoms. The van der Waals surface area contributed by atoms with Crippen molar-refractivity contribution in [2.45, 2.75) is 13.3 Å². The van der Waals surface area contributed by atoms with Gasteiger partial charge in [0, 0.05) is 48.5 Å². The molecule has 0 unspecified atom stereocenters. The van der Waals surface area contributed by atoms with E-state index >= 15 is 0 Å². The SMILES string of the molecule is Cc1ccc(Cl)cc1NC(=O)N1CCN(CCc2cccc(Cl)c2)CC1. The van der Waals surface area contributed by atoms with E-state index in [2.05, 4.69) is 16.3 Å². The molecule has 0 aromatic heterocycles. The molecule has 2 amide bonds. The van der Waals surface area contributed by atoms with E-state index in [1.165, 1.54) is 5.56 Å². The molecule has 4 nitrogen and oxygen atoms in total. The molecule has 26 heavy (non-hydrogen) atoms. The molecule has 2 aromatic rings. The molecule has 0 aliphatic carbocycles. The van der Waals surface area contributed by atoms with Crippen molar-refractivity contribution in [1.82, 2.24) is 9.80 Å². The van der Waals surface area contributed by atoms with Gasteiger partial charge in [-0.2, -0.15) is 0 Å². The van der Waals surface area contributed by atoms with Crippen molar-refractivity contribution >= 4 is 34.9 Å². The molecule has 3 rings (SSSR count). The minimum Gasteiger partial charge on any atom is -0.322 e. The van der Waals surface area contributed by atoms with Crippen LogP contribution in [-0.4, -0.2) is 48.6 Å². The zero-order chi connectivity index (χ0) is 18.5. The summed E-state index contributed by atoms with van der Waals surface area (Å²) in [6, 6.07) is 13.4. The summed E-state index contributed by atoms with van der Waals surface area (Å²) in [6.07, 6.45) is 0.967. The molecule has 1 N–H and O–H groups in total. The number of rotatable bonds is 4. The van der Waals surface area contributed by atoms with Gasteiger partial charge in [-0.3, -0.25) is 4.90 Å². The first kappa shape index (κ1) is 19.0. The molecule has 138 valence electrons. The second kappa shape index (κ2) is 8.76.